The van der Waals surface area contributed by atoms with Gasteiger partial charge in [-0.15, -0.1) is 0 Å². The fraction of sp³-hybridized carbons (Fsp3) is 0.562. The molecule has 0 radical (unpaired) electrons. The van der Waals surface area contributed by atoms with Gasteiger partial charge in [0.25, 0.3) is 0 Å². The number of hydrogen-bond acceptors (Lipinski definition) is 3. The molecule has 1 heterocycles. The first-order valence-electron chi connectivity index (χ1n) is 7.43. The van der Waals surface area contributed by atoms with Crippen molar-refractivity contribution >= 4 is 11.0 Å². The van der Waals surface area contributed by atoms with Gasteiger partial charge in [0.2, 0.25) is 0 Å². The van der Waals surface area contributed by atoms with E-state index >= 15 is 0 Å². The molecular weight excluding hydrogens is 250 g/mol. The van der Waals surface area contributed by atoms with Gasteiger partial charge in [0.15, 0.2) is 0 Å². The number of aryl methyl sites for hydroxylation is 1. The number of para-hydroxylation sites is 2. The Morgan fingerprint density at radius 3 is 2.70 bits per heavy atom. The fourth-order valence-electron chi connectivity index (χ4n) is 2.54. The third-order valence-corrected chi connectivity index (χ3v) is 4.17. The molecule has 0 fully saturated rings. The molecule has 0 saturated heterocycles. The average Bonchev–Trinajstić information content (AvgIpc) is 2.83. The Morgan fingerprint density at radius 1 is 1.30 bits per heavy atom. The van der Waals surface area contributed by atoms with Crippen LogP contribution in [0.25, 0.3) is 11.0 Å². The van der Waals surface area contributed by atoms with Crippen molar-refractivity contribution in [1.29, 1.82) is 0 Å². The minimum absolute atomic E-state index is 0.0363. The maximum Gasteiger partial charge on any atom is 0.123 e. The van der Waals surface area contributed by atoms with Crippen LogP contribution in [0.2, 0.25) is 0 Å². The van der Waals surface area contributed by atoms with Gasteiger partial charge in [-0.05, 0) is 38.8 Å². The highest BCUT2D eigenvalue weighted by molar-refractivity contribution is 5.75. The second-order valence-corrected chi connectivity index (χ2v) is 5.50. The molecule has 0 saturated carbocycles. The van der Waals surface area contributed by atoms with Gasteiger partial charge in [0.1, 0.15) is 5.82 Å². The quantitative estimate of drug-likeness (QED) is 0.817. The molecule has 4 nitrogen and oxygen atoms in total. The Hall–Kier alpha value is -1.39. The summed E-state index contributed by atoms with van der Waals surface area (Å²) in [6.07, 6.45) is 1.75. The van der Waals surface area contributed by atoms with Gasteiger partial charge < -0.3 is 15.0 Å². The molecule has 0 amide bonds. The highest BCUT2D eigenvalue weighted by atomic mass is 16.3. The number of rotatable bonds is 7. The van der Waals surface area contributed by atoms with E-state index in [1.54, 1.807) is 0 Å². The van der Waals surface area contributed by atoms with Crippen LogP contribution in [0.3, 0.4) is 0 Å². The lowest BCUT2D eigenvalue weighted by molar-refractivity contribution is 0.213. The molecule has 0 aliphatic carbocycles. The Morgan fingerprint density at radius 2 is 2.05 bits per heavy atom. The number of benzene rings is 1. The standard InChI is InChI=1S/C16H25N3O/c1-4-16(3,10-11-20)17-12-15-18-13-8-6-7-9-14(13)19(15)5-2/h6-9,17,20H,4-5,10-12H2,1-3H3. The van der Waals surface area contributed by atoms with Crippen LogP contribution in [0.15, 0.2) is 24.3 Å². The number of aromatic nitrogens is 2. The molecule has 110 valence electrons. The molecular formula is C16H25N3O. The second kappa shape index (κ2) is 6.37. The van der Waals surface area contributed by atoms with Crippen LogP contribution in [0.4, 0.5) is 0 Å². The monoisotopic (exact) mass is 275 g/mol. The van der Waals surface area contributed by atoms with E-state index in [1.807, 2.05) is 6.07 Å². The van der Waals surface area contributed by atoms with E-state index in [2.05, 4.69) is 48.9 Å². The van der Waals surface area contributed by atoms with Gasteiger partial charge in [-0.3, -0.25) is 0 Å². The summed E-state index contributed by atoms with van der Waals surface area (Å²) in [5.41, 5.74) is 2.20. The van der Waals surface area contributed by atoms with Gasteiger partial charge in [0.05, 0.1) is 17.6 Å². The maximum absolute atomic E-state index is 9.18. The van der Waals surface area contributed by atoms with E-state index in [9.17, 15) is 5.11 Å². The number of imidazole rings is 1. The summed E-state index contributed by atoms with van der Waals surface area (Å²) >= 11 is 0. The summed E-state index contributed by atoms with van der Waals surface area (Å²) in [4.78, 5) is 4.72. The minimum Gasteiger partial charge on any atom is -0.396 e. The zero-order valence-corrected chi connectivity index (χ0v) is 12.7. The van der Waals surface area contributed by atoms with Crippen molar-refractivity contribution in [2.24, 2.45) is 0 Å². The van der Waals surface area contributed by atoms with Gasteiger partial charge >= 0.3 is 0 Å². The van der Waals surface area contributed by atoms with Gasteiger partial charge in [-0.1, -0.05) is 19.1 Å². The van der Waals surface area contributed by atoms with Crippen LogP contribution in [0, 0.1) is 0 Å². The lowest BCUT2D eigenvalue weighted by Gasteiger charge is -2.29. The third-order valence-electron chi connectivity index (χ3n) is 4.17. The van der Waals surface area contributed by atoms with Crippen LogP contribution in [0.5, 0.6) is 0 Å². The van der Waals surface area contributed by atoms with Crippen LogP contribution in [-0.4, -0.2) is 26.8 Å². The Labute approximate surface area is 120 Å². The zero-order chi connectivity index (χ0) is 14.6. The highest BCUT2D eigenvalue weighted by Crippen LogP contribution is 2.18. The Bertz CT molecular complexity index is 564. The van der Waals surface area contributed by atoms with Crippen molar-refractivity contribution in [2.45, 2.75) is 52.2 Å². The molecule has 1 aromatic carbocycles. The summed E-state index contributed by atoms with van der Waals surface area (Å²) in [6, 6.07) is 8.24. The lowest BCUT2D eigenvalue weighted by Crippen LogP contribution is -2.42. The van der Waals surface area contributed by atoms with E-state index in [-0.39, 0.29) is 12.1 Å². The van der Waals surface area contributed by atoms with Gasteiger partial charge in [-0.2, -0.15) is 0 Å². The number of nitrogens with one attached hydrogen (secondary N) is 1. The van der Waals surface area contributed by atoms with Crippen molar-refractivity contribution in [3.05, 3.63) is 30.1 Å². The molecule has 0 bridgehead atoms. The van der Waals surface area contributed by atoms with E-state index in [0.29, 0.717) is 0 Å². The molecule has 2 aromatic rings. The second-order valence-electron chi connectivity index (χ2n) is 5.50. The summed E-state index contributed by atoms with van der Waals surface area (Å²) in [5, 5.41) is 12.7. The van der Waals surface area contributed by atoms with E-state index in [1.165, 1.54) is 5.52 Å². The number of hydrogen-bond donors (Lipinski definition) is 2. The van der Waals surface area contributed by atoms with Gasteiger partial charge in [-0.25, -0.2) is 4.98 Å². The normalized spacial score (nSPS) is 14.6. The molecule has 2 rings (SSSR count). The molecule has 1 aromatic heterocycles. The summed E-state index contributed by atoms with van der Waals surface area (Å²) < 4.78 is 2.25. The first kappa shape index (κ1) is 15.0. The van der Waals surface area contributed by atoms with E-state index in [0.717, 1.165) is 37.3 Å². The van der Waals surface area contributed by atoms with Crippen molar-refractivity contribution in [3.8, 4) is 0 Å². The molecule has 0 aliphatic heterocycles. The number of fused-ring (bicyclic) bond motifs is 1. The molecule has 1 unspecified atom stereocenters. The largest absolute Gasteiger partial charge is 0.396 e. The summed E-state index contributed by atoms with van der Waals surface area (Å²) in [5.74, 6) is 1.06. The number of aliphatic hydroxyl groups is 1. The maximum atomic E-state index is 9.18. The number of aliphatic hydroxyl groups excluding tert-OH is 1. The number of nitrogens with zero attached hydrogens (tertiary/aromatic N) is 2. The fourth-order valence-corrected chi connectivity index (χ4v) is 2.54. The van der Waals surface area contributed by atoms with Crippen LogP contribution in [-0.2, 0) is 13.1 Å². The van der Waals surface area contributed by atoms with E-state index < -0.39 is 0 Å². The van der Waals surface area contributed by atoms with Crippen LogP contribution < -0.4 is 5.32 Å². The lowest BCUT2D eigenvalue weighted by atomic mass is 9.95. The molecule has 20 heavy (non-hydrogen) atoms. The Balaban J connectivity index is 2.21. The Kier molecular flexibility index (Phi) is 4.78. The van der Waals surface area contributed by atoms with Crippen molar-refractivity contribution < 1.29 is 5.11 Å². The minimum atomic E-state index is -0.0363. The van der Waals surface area contributed by atoms with Crippen molar-refractivity contribution in [3.63, 3.8) is 0 Å². The molecule has 2 N–H and O–H groups in total. The molecule has 0 aliphatic rings. The van der Waals surface area contributed by atoms with Crippen molar-refractivity contribution in [1.82, 2.24) is 14.9 Å². The predicted molar refractivity (Wildman–Crippen MR) is 82.6 cm³/mol. The topological polar surface area (TPSA) is 50.1 Å². The average molecular weight is 275 g/mol. The van der Waals surface area contributed by atoms with E-state index in [4.69, 9.17) is 4.98 Å². The molecule has 4 heteroatoms. The van der Waals surface area contributed by atoms with Crippen LogP contribution >= 0.6 is 0 Å². The van der Waals surface area contributed by atoms with Crippen LogP contribution in [0.1, 0.15) is 39.4 Å². The first-order valence-corrected chi connectivity index (χ1v) is 7.43. The summed E-state index contributed by atoms with van der Waals surface area (Å²) in [6.45, 7) is 8.30. The van der Waals surface area contributed by atoms with Gasteiger partial charge in [0, 0.05) is 18.7 Å². The summed E-state index contributed by atoms with van der Waals surface area (Å²) in [7, 11) is 0. The predicted octanol–water partition coefficient (Wildman–Crippen LogP) is 2.70. The van der Waals surface area contributed by atoms with Crippen molar-refractivity contribution in [2.75, 3.05) is 6.61 Å². The third kappa shape index (κ3) is 3.02. The zero-order valence-electron chi connectivity index (χ0n) is 12.7. The highest BCUT2D eigenvalue weighted by Gasteiger charge is 2.21. The smallest absolute Gasteiger partial charge is 0.123 e. The molecule has 0 spiro atoms. The SMILES string of the molecule is CCn1c(CNC(C)(CC)CCO)nc2ccccc21. The molecule has 1 atom stereocenters. The first-order chi connectivity index (χ1) is 9.63.